The molecule has 0 unspecified atom stereocenters. The van der Waals surface area contributed by atoms with Crippen LogP contribution in [0.3, 0.4) is 0 Å². The summed E-state index contributed by atoms with van der Waals surface area (Å²) in [5.74, 6) is -1.47. The molecule has 0 heterocycles. The van der Waals surface area contributed by atoms with E-state index in [1.54, 1.807) is 26.8 Å². The van der Waals surface area contributed by atoms with E-state index in [0.717, 1.165) is 27.6 Å². The maximum Gasteiger partial charge on any atom is 0.255 e. The predicted molar refractivity (Wildman–Crippen MR) is 105 cm³/mol. The van der Waals surface area contributed by atoms with Crippen molar-refractivity contribution >= 4 is 33.2 Å². The molecule has 0 fully saturated rings. The Hall–Kier alpha value is -1.96. The minimum Gasteiger partial charge on any atom is -0.320 e. The SMILES string of the molecule is CCN(CC)S(=O)(=O)c1cc(C(=O)Nc2c(C)cc(C)cc2Cl)ccc1F. The van der Waals surface area contributed by atoms with E-state index in [2.05, 4.69) is 5.32 Å². The Morgan fingerprint density at radius 3 is 2.33 bits per heavy atom. The van der Waals surface area contributed by atoms with Crippen molar-refractivity contribution in [1.29, 1.82) is 0 Å². The molecular weight excluding hydrogens is 391 g/mol. The van der Waals surface area contributed by atoms with E-state index in [1.807, 2.05) is 13.0 Å². The maximum atomic E-state index is 14.2. The summed E-state index contributed by atoms with van der Waals surface area (Å²) in [6.07, 6.45) is 0. The van der Waals surface area contributed by atoms with Crippen molar-refractivity contribution in [3.05, 3.63) is 57.9 Å². The van der Waals surface area contributed by atoms with E-state index in [-0.39, 0.29) is 18.7 Å². The monoisotopic (exact) mass is 412 g/mol. The first-order valence-corrected chi connectivity index (χ1v) is 10.3. The zero-order valence-electron chi connectivity index (χ0n) is 15.6. The summed E-state index contributed by atoms with van der Waals surface area (Å²) in [7, 11) is -4.03. The third-order valence-electron chi connectivity index (χ3n) is 4.19. The van der Waals surface area contributed by atoms with Crippen LogP contribution < -0.4 is 5.32 Å². The van der Waals surface area contributed by atoms with Crippen LogP contribution in [0.5, 0.6) is 0 Å². The molecule has 0 radical (unpaired) electrons. The standard InChI is InChI=1S/C19H22ClFN2O3S/c1-5-23(6-2)27(25,26)17-11-14(7-8-16(17)21)19(24)22-18-13(4)9-12(3)10-15(18)20/h7-11H,5-6H2,1-4H3,(H,22,24). The Morgan fingerprint density at radius 2 is 1.78 bits per heavy atom. The van der Waals surface area contributed by atoms with Crippen molar-refractivity contribution in [1.82, 2.24) is 4.31 Å². The number of amides is 1. The fourth-order valence-corrected chi connectivity index (χ4v) is 4.72. The highest BCUT2D eigenvalue weighted by molar-refractivity contribution is 7.89. The predicted octanol–water partition coefficient (Wildman–Crippen LogP) is 4.38. The zero-order valence-corrected chi connectivity index (χ0v) is 17.2. The van der Waals surface area contributed by atoms with Gasteiger partial charge < -0.3 is 5.32 Å². The molecule has 1 N–H and O–H groups in total. The molecule has 2 rings (SSSR count). The van der Waals surface area contributed by atoms with Gasteiger partial charge in [-0.3, -0.25) is 4.79 Å². The number of sulfonamides is 1. The lowest BCUT2D eigenvalue weighted by molar-refractivity contribution is 0.102. The molecule has 0 aliphatic heterocycles. The van der Waals surface area contributed by atoms with Crippen LogP contribution in [0, 0.1) is 19.7 Å². The number of nitrogens with one attached hydrogen (secondary N) is 1. The van der Waals surface area contributed by atoms with Gasteiger partial charge in [0.25, 0.3) is 5.91 Å². The van der Waals surface area contributed by atoms with Crippen molar-refractivity contribution in [2.24, 2.45) is 0 Å². The van der Waals surface area contributed by atoms with Gasteiger partial charge in [0.05, 0.1) is 10.7 Å². The number of aryl methyl sites for hydroxylation is 2. The second-order valence-electron chi connectivity index (χ2n) is 6.13. The Bertz CT molecular complexity index is 950. The average molecular weight is 413 g/mol. The smallest absolute Gasteiger partial charge is 0.255 e. The molecule has 146 valence electrons. The van der Waals surface area contributed by atoms with E-state index in [9.17, 15) is 17.6 Å². The first-order valence-electron chi connectivity index (χ1n) is 8.49. The molecule has 2 aromatic rings. The maximum absolute atomic E-state index is 14.2. The minimum atomic E-state index is -4.03. The van der Waals surface area contributed by atoms with Gasteiger partial charge in [-0.15, -0.1) is 0 Å². The first-order chi connectivity index (χ1) is 12.6. The lowest BCUT2D eigenvalue weighted by Gasteiger charge is -2.19. The van der Waals surface area contributed by atoms with Gasteiger partial charge in [0.15, 0.2) is 0 Å². The number of hydrogen-bond donors (Lipinski definition) is 1. The summed E-state index contributed by atoms with van der Waals surface area (Å²) in [4.78, 5) is 12.1. The number of carbonyl (C=O) groups is 1. The summed E-state index contributed by atoms with van der Waals surface area (Å²) in [5.41, 5.74) is 2.18. The molecule has 2 aromatic carbocycles. The fraction of sp³-hybridized carbons (Fsp3) is 0.316. The second-order valence-corrected chi connectivity index (χ2v) is 8.44. The molecule has 0 aromatic heterocycles. The lowest BCUT2D eigenvalue weighted by atomic mass is 10.1. The van der Waals surface area contributed by atoms with Gasteiger partial charge >= 0.3 is 0 Å². The summed E-state index contributed by atoms with van der Waals surface area (Å²) in [6.45, 7) is 7.42. The van der Waals surface area contributed by atoms with Crippen LogP contribution in [-0.2, 0) is 10.0 Å². The first kappa shape index (κ1) is 21.3. The van der Waals surface area contributed by atoms with E-state index >= 15 is 0 Å². The van der Waals surface area contributed by atoms with Gasteiger partial charge in [-0.25, -0.2) is 12.8 Å². The van der Waals surface area contributed by atoms with E-state index in [4.69, 9.17) is 11.6 Å². The topological polar surface area (TPSA) is 66.5 Å². The molecule has 0 atom stereocenters. The van der Waals surface area contributed by atoms with Crippen LogP contribution in [0.25, 0.3) is 0 Å². The van der Waals surface area contributed by atoms with Crippen molar-refractivity contribution in [3.63, 3.8) is 0 Å². The highest BCUT2D eigenvalue weighted by Gasteiger charge is 2.26. The molecule has 0 spiro atoms. The Labute approximate surface area is 164 Å². The second kappa shape index (κ2) is 8.37. The number of nitrogens with zero attached hydrogens (tertiary/aromatic N) is 1. The molecule has 1 amide bonds. The fourth-order valence-electron chi connectivity index (χ4n) is 2.80. The normalized spacial score (nSPS) is 11.7. The quantitative estimate of drug-likeness (QED) is 0.765. The lowest BCUT2D eigenvalue weighted by Crippen LogP contribution is -2.31. The molecule has 5 nitrogen and oxygen atoms in total. The van der Waals surface area contributed by atoms with Crippen LogP contribution in [0.15, 0.2) is 35.2 Å². The molecular formula is C19H22ClFN2O3S. The van der Waals surface area contributed by atoms with Gasteiger partial charge in [-0.1, -0.05) is 31.5 Å². The highest BCUT2D eigenvalue weighted by Crippen LogP contribution is 2.28. The largest absolute Gasteiger partial charge is 0.320 e. The van der Waals surface area contributed by atoms with Crippen molar-refractivity contribution in [2.75, 3.05) is 18.4 Å². The summed E-state index contributed by atoms with van der Waals surface area (Å²) in [5, 5.41) is 3.05. The zero-order chi connectivity index (χ0) is 20.4. The van der Waals surface area contributed by atoms with Gasteiger partial charge in [-0.05, 0) is 49.2 Å². The van der Waals surface area contributed by atoms with Crippen molar-refractivity contribution < 1.29 is 17.6 Å². The molecule has 0 aliphatic carbocycles. The van der Waals surface area contributed by atoms with Crippen LogP contribution in [-0.4, -0.2) is 31.7 Å². The third kappa shape index (κ3) is 4.48. The van der Waals surface area contributed by atoms with Gasteiger partial charge in [-0.2, -0.15) is 4.31 Å². The number of rotatable bonds is 6. The Morgan fingerprint density at radius 1 is 1.15 bits per heavy atom. The van der Waals surface area contributed by atoms with Crippen LogP contribution in [0.2, 0.25) is 5.02 Å². The molecule has 0 aliphatic rings. The molecule has 0 bridgehead atoms. The van der Waals surface area contributed by atoms with Gasteiger partial charge in [0.2, 0.25) is 10.0 Å². The molecule has 27 heavy (non-hydrogen) atoms. The van der Waals surface area contributed by atoms with Crippen LogP contribution >= 0.6 is 11.6 Å². The number of benzene rings is 2. The summed E-state index contributed by atoms with van der Waals surface area (Å²) >= 11 is 6.20. The van der Waals surface area contributed by atoms with Crippen molar-refractivity contribution in [3.8, 4) is 0 Å². The Kier molecular flexibility index (Phi) is 6.62. The summed E-state index contributed by atoms with van der Waals surface area (Å²) in [6, 6.07) is 6.85. The van der Waals surface area contributed by atoms with E-state index < -0.39 is 26.6 Å². The Balaban J connectivity index is 2.42. The highest BCUT2D eigenvalue weighted by atomic mass is 35.5. The van der Waals surface area contributed by atoms with E-state index in [0.29, 0.717) is 10.7 Å². The average Bonchev–Trinajstić information content (AvgIpc) is 2.58. The minimum absolute atomic E-state index is 0.0261. The third-order valence-corrected chi connectivity index (χ3v) is 6.55. The van der Waals surface area contributed by atoms with E-state index in [1.165, 1.54) is 6.07 Å². The molecule has 8 heteroatoms. The number of halogens is 2. The van der Waals surface area contributed by atoms with Gasteiger partial charge in [0.1, 0.15) is 10.7 Å². The molecule has 0 saturated carbocycles. The number of carbonyl (C=O) groups excluding carboxylic acids is 1. The molecule has 0 saturated heterocycles. The summed E-state index contributed by atoms with van der Waals surface area (Å²) < 4.78 is 40.6. The van der Waals surface area contributed by atoms with Crippen LogP contribution in [0.4, 0.5) is 10.1 Å². The van der Waals surface area contributed by atoms with Gasteiger partial charge in [0, 0.05) is 18.7 Å². The van der Waals surface area contributed by atoms with Crippen molar-refractivity contribution in [2.45, 2.75) is 32.6 Å². The number of anilines is 1. The number of hydrogen-bond acceptors (Lipinski definition) is 3. The van der Waals surface area contributed by atoms with Crippen LogP contribution in [0.1, 0.15) is 35.3 Å².